The van der Waals surface area contributed by atoms with Gasteiger partial charge in [-0.25, -0.2) is 9.97 Å². The zero-order valence-corrected chi connectivity index (χ0v) is 16.0. The SMILES string of the molecule is CSc1nc(N)c2c(n1)NC1=C(C(=O)CC(C)(C)C1)[C@H]2c1ccccc1. The summed E-state index contributed by atoms with van der Waals surface area (Å²) in [4.78, 5) is 22.2. The van der Waals surface area contributed by atoms with Gasteiger partial charge < -0.3 is 11.1 Å². The molecule has 3 N–H and O–H groups in total. The van der Waals surface area contributed by atoms with E-state index in [9.17, 15) is 4.79 Å². The summed E-state index contributed by atoms with van der Waals surface area (Å²) in [6.07, 6.45) is 3.28. The quantitative estimate of drug-likeness (QED) is 0.618. The molecule has 4 rings (SSSR count). The van der Waals surface area contributed by atoms with Gasteiger partial charge in [0, 0.05) is 29.2 Å². The lowest BCUT2D eigenvalue weighted by Gasteiger charge is -2.39. The number of nitrogens with two attached hydrogens (primary N) is 1. The zero-order chi connectivity index (χ0) is 18.5. The van der Waals surface area contributed by atoms with Crippen LogP contribution in [0.5, 0.6) is 0 Å². The van der Waals surface area contributed by atoms with Crippen LogP contribution in [0.1, 0.15) is 43.7 Å². The fourth-order valence-corrected chi connectivity index (χ4v) is 4.36. The second kappa shape index (κ2) is 6.13. The van der Waals surface area contributed by atoms with Crippen LogP contribution >= 0.6 is 11.8 Å². The molecule has 0 saturated carbocycles. The third-order valence-corrected chi connectivity index (χ3v) is 5.58. The van der Waals surface area contributed by atoms with Crippen LogP contribution in [0.4, 0.5) is 11.6 Å². The molecule has 134 valence electrons. The summed E-state index contributed by atoms with van der Waals surface area (Å²) in [5, 5.41) is 4.05. The number of carbonyl (C=O) groups is 1. The molecule has 1 aliphatic heterocycles. The summed E-state index contributed by atoms with van der Waals surface area (Å²) in [6.45, 7) is 4.26. The Balaban J connectivity index is 1.97. The average Bonchev–Trinajstić information content (AvgIpc) is 2.59. The summed E-state index contributed by atoms with van der Waals surface area (Å²) < 4.78 is 0. The normalized spacial score (nSPS) is 21.0. The molecule has 2 heterocycles. The number of hydrogen-bond donors (Lipinski definition) is 2. The molecule has 0 unspecified atom stereocenters. The molecule has 1 aromatic carbocycles. The largest absolute Gasteiger partial charge is 0.383 e. The van der Waals surface area contributed by atoms with E-state index in [-0.39, 0.29) is 17.1 Å². The fraction of sp³-hybridized carbons (Fsp3) is 0.350. The molecule has 0 amide bonds. The Labute approximate surface area is 157 Å². The number of allylic oxidation sites excluding steroid dienone is 2. The van der Waals surface area contributed by atoms with E-state index in [4.69, 9.17) is 5.73 Å². The number of benzene rings is 1. The van der Waals surface area contributed by atoms with Gasteiger partial charge in [0.2, 0.25) is 0 Å². The Kier molecular flexibility index (Phi) is 4.03. The lowest BCUT2D eigenvalue weighted by atomic mass is 9.69. The molecule has 26 heavy (non-hydrogen) atoms. The van der Waals surface area contributed by atoms with Crippen LogP contribution in [0, 0.1) is 5.41 Å². The monoisotopic (exact) mass is 366 g/mol. The first-order chi connectivity index (χ1) is 12.4. The number of carbonyl (C=O) groups excluding carboxylic acids is 1. The number of nitrogens with one attached hydrogen (secondary N) is 1. The Morgan fingerprint density at radius 2 is 1.92 bits per heavy atom. The Bertz CT molecular complexity index is 921. The van der Waals surface area contributed by atoms with Gasteiger partial charge in [-0.1, -0.05) is 55.9 Å². The van der Waals surface area contributed by atoms with E-state index in [1.54, 1.807) is 0 Å². The molecule has 0 spiro atoms. The lowest BCUT2D eigenvalue weighted by Crippen LogP contribution is -2.34. The molecule has 0 saturated heterocycles. The lowest BCUT2D eigenvalue weighted by molar-refractivity contribution is -0.118. The van der Waals surface area contributed by atoms with Crippen LogP contribution in [0.2, 0.25) is 0 Å². The molecule has 2 aliphatic rings. The number of nitrogens with zero attached hydrogens (tertiary/aromatic N) is 2. The molecule has 1 aromatic heterocycles. The number of Topliss-reactive ketones (excluding diaryl/α,β-unsaturated/α-hetero) is 1. The van der Waals surface area contributed by atoms with E-state index in [0.29, 0.717) is 17.4 Å². The number of thioether (sulfide) groups is 1. The Morgan fingerprint density at radius 1 is 1.19 bits per heavy atom. The summed E-state index contributed by atoms with van der Waals surface area (Å²) in [5.74, 6) is 1.11. The Hall–Kier alpha value is -2.34. The van der Waals surface area contributed by atoms with E-state index in [1.807, 2.05) is 36.6 Å². The van der Waals surface area contributed by atoms with Gasteiger partial charge in [-0.15, -0.1) is 0 Å². The summed E-state index contributed by atoms with van der Waals surface area (Å²) in [6, 6.07) is 10.0. The van der Waals surface area contributed by atoms with Crippen molar-refractivity contribution in [2.45, 2.75) is 37.8 Å². The molecule has 1 aliphatic carbocycles. The van der Waals surface area contributed by atoms with Crippen LogP contribution in [-0.4, -0.2) is 22.0 Å². The standard InChI is InChI=1S/C20H22N4OS/c1-20(2)9-12-15(13(25)10-20)14(11-7-5-4-6-8-11)16-17(21)23-19(26-3)24-18(16)22-12/h4-8,14H,9-10H2,1-3H3,(H3,21,22,23,24)/t14-/m1/s1. The van der Waals surface area contributed by atoms with Crippen molar-refractivity contribution in [3.05, 3.63) is 52.7 Å². The van der Waals surface area contributed by atoms with Crippen molar-refractivity contribution in [1.29, 1.82) is 0 Å². The minimum Gasteiger partial charge on any atom is -0.383 e. The van der Waals surface area contributed by atoms with Gasteiger partial charge in [0.25, 0.3) is 0 Å². The highest BCUT2D eigenvalue weighted by atomic mass is 32.2. The highest BCUT2D eigenvalue weighted by Gasteiger charge is 2.42. The van der Waals surface area contributed by atoms with Gasteiger partial charge in [-0.2, -0.15) is 0 Å². The average molecular weight is 366 g/mol. The zero-order valence-electron chi connectivity index (χ0n) is 15.2. The van der Waals surface area contributed by atoms with Crippen LogP contribution in [0.3, 0.4) is 0 Å². The van der Waals surface area contributed by atoms with Crippen molar-refractivity contribution < 1.29 is 4.79 Å². The van der Waals surface area contributed by atoms with Gasteiger partial charge in [0.1, 0.15) is 11.6 Å². The fourth-order valence-electron chi connectivity index (χ4n) is 3.98. The summed E-state index contributed by atoms with van der Waals surface area (Å²) in [5.41, 5.74) is 9.90. The van der Waals surface area contributed by atoms with Gasteiger partial charge in [-0.3, -0.25) is 4.79 Å². The van der Waals surface area contributed by atoms with Crippen LogP contribution in [0.15, 0.2) is 46.8 Å². The molecule has 2 aromatic rings. The molecule has 5 nitrogen and oxygen atoms in total. The third-order valence-electron chi connectivity index (χ3n) is 5.04. The molecular weight excluding hydrogens is 344 g/mol. The number of rotatable bonds is 2. The number of nitrogen functional groups attached to an aromatic ring is 1. The first kappa shape index (κ1) is 17.1. The van der Waals surface area contributed by atoms with Gasteiger partial charge in [-0.05, 0) is 23.7 Å². The van der Waals surface area contributed by atoms with E-state index >= 15 is 0 Å². The van der Waals surface area contributed by atoms with Crippen LogP contribution in [-0.2, 0) is 4.79 Å². The maximum absolute atomic E-state index is 13.1. The molecular formula is C20H22N4OS. The topological polar surface area (TPSA) is 80.9 Å². The summed E-state index contributed by atoms with van der Waals surface area (Å²) in [7, 11) is 0. The van der Waals surface area contributed by atoms with Crippen LogP contribution < -0.4 is 11.1 Å². The van der Waals surface area contributed by atoms with E-state index < -0.39 is 0 Å². The van der Waals surface area contributed by atoms with E-state index in [2.05, 4.69) is 29.1 Å². The number of anilines is 2. The van der Waals surface area contributed by atoms with E-state index in [1.165, 1.54) is 11.8 Å². The van der Waals surface area contributed by atoms with Gasteiger partial charge in [0.05, 0.1) is 0 Å². The highest BCUT2D eigenvalue weighted by molar-refractivity contribution is 7.98. The maximum atomic E-state index is 13.1. The number of ketones is 1. The van der Waals surface area contributed by atoms with Gasteiger partial charge >= 0.3 is 0 Å². The first-order valence-corrected chi connectivity index (χ1v) is 9.92. The second-order valence-corrected chi connectivity index (χ2v) is 8.43. The molecule has 0 bridgehead atoms. The van der Waals surface area contributed by atoms with Crippen molar-refractivity contribution in [1.82, 2.24) is 9.97 Å². The summed E-state index contributed by atoms with van der Waals surface area (Å²) >= 11 is 1.46. The number of aromatic nitrogens is 2. The smallest absolute Gasteiger partial charge is 0.191 e. The van der Waals surface area contributed by atoms with Gasteiger partial charge in [0.15, 0.2) is 10.9 Å². The van der Waals surface area contributed by atoms with Crippen LogP contribution in [0.25, 0.3) is 0 Å². The van der Waals surface area contributed by atoms with E-state index in [0.717, 1.165) is 34.6 Å². The molecule has 1 atom stereocenters. The number of fused-ring (bicyclic) bond motifs is 1. The molecule has 0 radical (unpaired) electrons. The predicted molar refractivity (Wildman–Crippen MR) is 105 cm³/mol. The van der Waals surface area contributed by atoms with Crippen molar-refractivity contribution in [2.75, 3.05) is 17.3 Å². The van der Waals surface area contributed by atoms with Crippen molar-refractivity contribution >= 4 is 29.2 Å². The molecule has 0 fully saturated rings. The van der Waals surface area contributed by atoms with Crippen molar-refractivity contribution in [3.8, 4) is 0 Å². The Morgan fingerprint density at radius 3 is 2.62 bits per heavy atom. The molecule has 6 heteroatoms. The predicted octanol–water partition coefficient (Wildman–Crippen LogP) is 3.98. The first-order valence-electron chi connectivity index (χ1n) is 8.69. The minimum atomic E-state index is -0.220. The minimum absolute atomic E-state index is 0.0669. The number of hydrogen-bond acceptors (Lipinski definition) is 6. The van der Waals surface area contributed by atoms with Crippen molar-refractivity contribution in [2.24, 2.45) is 5.41 Å². The second-order valence-electron chi connectivity index (χ2n) is 7.66. The van der Waals surface area contributed by atoms with Crippen molar-refractivity contribution in [3.63, 3.8) is 0 Å². The maximum Gasteiger partial charge on any atom is 0.191 e. The highest BCUT2D eigenvalue weighted by Crippen LogP contribution is 2.49. The third kappa shape index (κ3) is 2.78.